The SMILES string of the molecule is NC1=NCNc2c1c(-c1ncco1)cn2[C@H]1CO[C@@H](CO)O1. The molecule has 0 saturated carbocycles. The monoisotopic (exact) mass is 305 g/mol. The summed E-state index contributed by atoms with van der Waals surface area (Å²) in [7, 11) is 0. The number of anilines is 1. The van der Waals surface area contributed by atoms with Crippen molar-refractivity contribution in [1.29, 1.82) is 0 Å². The molecule has 2 atom stereocenters. The lowest BCUT2D eigenvalue weighted by molar-refractivity contribution is -0.0982. The summed E-state index contributed by atoms with van der Waals surface area (Å²) in [6, 6.07) is 0. The first-order chi connectivity index (χ1) is 10.8. The number of aliphatic imine (C=N–C) groups is 1. The molecule has 0 amide bonds. The van der Waals surface area contributed by atoms with Crippen LogP contribution in [0.3, 0.4) is 0 Å². The van der Waals surface area contributed by atoms with Gasteiger partial charge in [0.1, 0.15) is 24.6 Å². The molecule has 116 valence electrons. The van der Waals surface area contributed by atoms with Gasteiger partial charge >= 0.3 is 0 Å². The molecular weight excluding hydrogens is 290 g/mol. The lowest BCUT2D eigenvalue weighted by atomic mass is 10.1. The zero-order valence-electron chi connectivity index (χ0n) is 11.6. The Morgan fingerprint density at radius 1 is 1.50 bits per heavy atom. The van der Waals surface area contributed by atoms with Crippen molar-refractivity contribution in [2.45, 2.75) is 12.5 Å². The molecule has 4 rings (SSSR count). The van der Waals surface area contributed by atoms with Crippen molar-refractivity contribution in [3.05, 3.63) is 24.2 Å². The zero-order valence-corrected chi connectivity index (χ0v) is 11.6. The fourth-order valence-corrected chi connectivity index (χ4v) is 2.67. The zero-order chi connectivity index (χ0) is 15.1. The highest BCUT2D eigenvalue weighted by atomic mass is 16.7. The van der Waals surface area contributed by atoms with Gasteiger partial charge in [-0.15, -0.1) is 0 Å². The topological polar surface area (TPSA) is 120 Å². The number of nitrogens with zero attached hydrogens (tertiary/aromatic N) is 3. The van der Waals surface area contributed by atoms with E-state index < -0.39 is 6.29 Å². The van der Waals surface area contributed by atoms with E-state index in [0.717, 1.165) is 16.9 Å². The van der Waals surface area contributed by atoms with E-state index in [1.807, 2.05) is 10.8 Å². The number of aliphatic hydroxyl groups is 1. The van der Waals surface area contributed by atoms with Gasteiger partial charge < -0.3 is 34.6 Å². The van der Waals surface area contributed by atoms with Gasteiger partial charge in [0.2, 0.25) is 5.89 Å². The standard InChI is InChI=1S/C13H15N5O4/c14-11-10-7(13-15-1-2-20-13)3-18(12(10)17-6-16-11)8-5-21-9(4-19)22-8/h1-3,8-9,17,19H,4-6H2,(H2,14,16)/t8-,9-/m1/s1. The highest BCUT2D eigenvalue weighted by Crippen LogP contribution is 2.36. The maximum atomic E-state index is 9.13. The number of hydrogen-bond donors (Lipinski definition) is 3. The normalized spacial score (nSPS) is 24.0. The van der Waals surface area contributed by atoms with Crippen LogP contribution in [0.25, 0.3) is 11.5 Å². The summed E-state index contributed by atoms with van der Waals surface area (Å²) in [6.45, 7) is 0.518. The minimum Gasteiger partial charge on any atom is -0.444 e. The van der Waals surface area contributed by atoms with Crippen molar-refractivity contribution in [3.8, 4) is 11.5 Å². The first kappa shape index (κ1) is 13.3. The van der Waals surface area contributed by atoms with Gasteiger partial charge in [-0.2, -0.15) is 0 Å². The highest BCUT2D eigenvalue weighted by Gasteiger charge is 2.32. The van der Waals surface area contributed by atoms with Gasteiger partial charge in [0.05, 0.1) is 30.5 Å². The van der Waals surface area contributed by atoms with Crippen LogP contribution in [0.1, 0.15) is 11.8 Å². The molecule has 22 heavy (non-hydrogen) atoms. The Hall–Kier alpha value is -2.36. The van der Waals surface area contributed by atoms with Gasteiger partial charge in [0.15, 0.2) is 12.5 Å². The van der Waals surface area contributed by atoms with Crippen LogP contribution in [0.5, 0.6) is 0 Å². The fraction of sp³-hybridized carbons (Fsp3) is 0.385. The van der Waals surface area contributed by atoms with E-state index in [1.165, 1.54) is 6.26 Å². The van der Waals surface area contributed by atoms with Crippen molar-refractivity contribution in [3.63, 3.8) is 0 Å². The Labute approximate surface area is 125 Å². The van der Waals surface area contributed by atoms with Crippen molar-refractivity contribution >= 4 is 11.7 Å². The van der Waals surface area contributed by atoms with E-state index in [9.17, 15) is 0 Å². The van der Waals surface area contributed by atoms with Gasteiger partial charge in [-0.05, 0) is 0 Å². The van der Waals surface area contributed by atoms with E-state index in [1.54, 1.807) is 6.20 Å². The highest BCUT2D eigenvalue weighted by molar-refractivity contribution is 6.08. The largest absolute Gasteiger partial charge is 0.444 e. The number of nitrogens with one attached hydrogen (secondary N) is 1. The van der Waals surface area contributed by atoms with Crippen LogP contribution in [-0.4, -0.2) is 46.7 Å². The molecule has 0 radical (unpaired) electrons. The van der Waals surface area contributed by atoms with Gasteiger partial charge in [-0.25, -0.2) is 9.98 Å². The van der Waals surface area contributed by atoms with Gasteiger partial charge in [0.25, 0.3) is 0 Å². The molecule has 2 aromatic heterocycles. The molecule has 9 heteroatoms. The first-order valence-corrected chi connectivity index (χ1v) is 6.84. The summed E-state index contributed by atoms with van der Waals surface area (Å²) in [4.78, 5) is 8.37. The van der Waals surface area contributed by atoms with Crippen LogP contribution < -0.4 is 11.1 Å². The van der Waals surface area contributed by atoms with Crippen molar-refractivity contribution in [2.24, 2.45) is 10.7 Å². The summed E-state index contributed by atoms with van der Waals surface area (Å²) in [5.41, 5.74) is 7.49. The molecule has 2 aliphatic rings. The number of aliphatic hydroxyl groups excluding tert-OH is 1. The summed E-state index contributed by atoms with van der Waals surface area (Å²) in [5, 5.41) is 12.3. The molecule has 0 aromatic carbocycles. The van der Waals surface area contributed by atoms with Crippen LogP contribution in [0, 0.1) is 0 Å². The first-order valence-electron chi connectivity index (χ1n) is 6.84. The molecule has 9 nitrogen and oxygen atoms in total. The number of oxazole rings is 1. The number of rotatable bonds is 3. The molecule has 0 unspecified atom stereocenters. The average molecular weight is 305 g/mol. The molecule has 4 heterocycles. The molecule has 0 spiro atoms. The fourth-order valence-electron chi connectivity index (χ4n) is 2.67. The molecule has 2 aromatic rings. The molecule has 1 saturated heterocycles. The molecular formula is C13H15N5O4. The minimum absolute atomic E-state index is 0.191. The predicted molar refractivity (Wildman–Crippen MR) is 76.1 cm³/mol. The lowest BCUT2D eigenvalue weighted by Gasteiger charge is -2.19. The number of ether oxygens (including phenoxy) is 2. The van der Waals surface area contributed by atoms with E-state index in [2.05, 4.69) is 15.3 Å². The van der Waals surface area contributed by atoms with E-state index in [0.29, 0.717) is 25.0 Å². The average Bonchev–Trinajstić information content (AvgIpc) is 3.26. The predicted octanol–water partition coefficient (Wildman–Crippen LogP) is 0.0952. The maximum Gasteiger partial charge on any atom is 0.228 e. The molecule has 1 fully saturated rings. The van der Waals surface area contributed by atoms with Gasteiger partial charge in [-0.1, -0.05) is 0 Å². The van der Waals surface area contributed by atoms with Crippen LogP contribution in [0.4, 0.5) is 5.82 Å². The second kappa shape index (κ2) is 5.13. The Kier molecular flexibility index (Phi) is 3.10. The number of amidine groups is 1. The molecule has 4 N–H and O–H groups in total. The Morgan fingerprint density at radius 3 is 3.14 bits per heavy atom. The van der Waals surface area contributed by atoms with Gasteiger partial charge in [0, 0.05) is 6.20 Å². The smallest absolute Gasteiger partial charge is 0.228 e. The van der Waals surface area contributed by atoms with E-state index in [-0.39, 0.29) is 12.8 Å². The minimum atomic E-state index is -0.622. The van der Waals surface area contributed by atoms with Crippen molar-refractivity contribution in [1.82, 2.24) is 9.55 Å². The Bertz CT molecular complexity index is 708. The summed E-state index contributed by atoms with van der Waals surface area (Å²) in [5.74, 6) is 1.64. The second-order valence-corrected chi connectivity index (χ2v) is 4.93. The van der Waals surface area contributed by atoms with Crippen molar-refractivity contribution < 1.29 is 19.0 Å². The second-order valence-electron chi connectivity index (χ2n) is 4.93. The molecule has 0 bridgehead atoms. The maximum absolute atomic E-state index is 9.13. The van der Waals surface area contributed by atoms with E-state index in [4.69, 9.17) is 24.7 Å². The third-order valence-corrected chi connectivity index (χ3v) is 3.64. The number of nitrogens with two attached hydrogens (primary N) is 1. The van der Waals surface area contributed by atoms with Gasteiger partial charge in [-0.3, -0.25) is 0 Å². The van der Waals surface area contributed by atoms with Crippen LogP contribution in [0.15, 0.2) is 28.1 Å². The van der Waals surface area contributed by atoms with E-state index >= 15 is 0 Å². The quantitative estimate of drug-likeness (QED) is 0.735. The van der Waals surface area contributed by atoms with Crippen LogP contribution >= 0.6 is 0 Å². The van der Waals surface area contributed by atoms with Crippen LogP contribution in [0.2, 0.25) is 0 Å². The number of fused-ring (bicyclic) bond motifs is 1. The molecule has 0 aliphatic carbocycles. The summed E-state index contributed by atoms with van der Waals surface area (Å²) >= 11 is 0. The third kappa shape index (κ3) is 1.98. The number of hydrogen-bond acceptors (Lipinski definition) is 8. The summed E-state index contributed by atoms with van der Waals surface area (Å²) < 4.78 is 18.3. The van der Waals surface area contributed by atoms with Crippen LogP contribution in [-0.2, 0) is 9.47 Å². The number of aromatic nitrogens is 2. The molecule has 2 aliphatic heterocycles. The van der Waals surface area contributed by atoms with Crippen molar-refractivity contribution in [2.75, 3.05) is 25.2 Å². The lowest BCUT2D eigenvalue weighted by Crippen LogP contribution is -2.25. The third-order valence-electron chi connectivity index (χ3n) is 3.64. The Morgan fingerprint density at radius 2 is 2.41 bits per heavy atom. The Balaban J connectivity index is 1.80. The summed E-state index contributed by atoms with van der Waals surface area (Å²) in [6.07, 6.45) is 3.92.